The molecule has 0 amide bonds. The highest BCUT2D eigenvalue weighted by atomic mass is 79.9. The highest BCUT2D eigenvalue weighted by Gasteiger charge is 2.08. The number of halogens is 3. The molecule has 0 fully saturated rings. The molecule has 0 aliphatic heterocycles. The Balaban J connectivity index is 1.91. The van der Waals surface area contributed by atoms with E-state index in [1.54, 1.807) is 17.8 Å². The van der Waals surface area contributed by atoms with E-state index in [-0.39, 0.29) is 11.1 Å². The molecule has 0 bridgehead atoms. The van der Waals surface area contributed by atoms with Gasteiger partial charge in [0.25, 0.3) is 0 Å². The van der Waals surface area contributed by atoms with Crippen LogP contribution in [0.4, 0.5) is 4.39 Å². The van der Waals surface area contributed by atoms with Crippen molar-refractivity contribution in [2.75, 3.05) is 5.75 Å². The van der Waals surface area contributed by atoms with Gasteiger partial charge < -0.3 is 5.73 Å². The zero-order valence-electron chi connectivity index (χ0n) is 10.7. The number of hydrogen-bond donors (Lipinski definition) is 1. The second-order valence-corrected chi connectivity index (χ2v) is 6.78. The first-order valence-corrected chi connectivity index (χ1v) is 8.29. The fourth-order valence-corrected chi connectivity index (χ4v) is 3.42. The van der Waals surface area contributed by atoms with E-state index in [4.69, 9.17) is 17.3 Å². The third-order valence-corrected chi connectivity index (χ3v) is 5.29. The molecule has 0 saturated heterocycles. The van der Waals surface area contributed by atoms with Crippen molar-refractivity contribution >= 4 is 39.3 Å². The second-order valence-electron chi connectivity index (χ2n) is 4.45. The van der Waals surface area contributed by atoms with Crippen LogP contribution in [-0.2, 0) is 6.42 Å². The summed E-state index contributed by atoms with van der Waals surface area (Å²) in [5, 5.41) is 0.143. The predicted octanol–water partition coefficient (Wildman–Crippen LogP) is 4.90. The summed E-state index contributed by atoms with van der Waals surface area (Å²) in [6.45, 7) is 0. The lowest BCUT2D eigenvalue weighted by molar-refractivity contribution is 0.623. The van der Waals surface area contributed by atoms with Crippen molar-refractivity contribution in [3.63, 3.8) is 0 Å². The quantitative estimate of drug-likeness (QED) is 0.753. The summed E-state index contributed by atoms with van der Waals surface area (Å²) in [5.74, 6) is 0.377. The SMILES string of the molecule is NC(CSc1ccccc1Br)Cc1ccc(Cl)c(F)c1. The average molecular weight is 375 g/mol. The summed E-state index contributed by atoms with van der Waals surface area (Å²) in [7, 11) is 0. The zero-order chi connectivity index (χ0) is 14.5. The lowest BCUT2D eigenvalue weighted by atomic mass is 10.1. The van der Waals surface area contributed by atoms with Crippen LogP contribution in [0.1, 0.15) is 5.56 Å². The van der Waals surface area contributed by atoms with Crippen LogP contribution in [0.2, 0.25) is 5.02 Å². The Hall–Kier alpha value is -0.550. The van der Waals surface area contributed by atoms with Gasteiger partial charge in [0.15, 0.2) is 0 Å². The van der Waals surface area contributed by atoms with E-state index in [0.717, 1.165) is 20.7 Å². The average Bonchev–Trinajstić information content (AvgIpc) is 2.42. The number of rotatable bonds is 5. The molecule has 0 heterocycles. The molecular formula is C15H14BrClFNS. The Bertz CT molecular complexity index is 594. The summed E-state index contributed by atoms with van der Waals surface area (Å²) in [4.78, 5) is 1.16. The maximum Gasteiger partial charge on any atom is 0.142 e. The lowest BCUT2D eigenvalue weighted by Gasteiger charge is -2.12. The van der Waals surface area contributed by atoms with E-state index in [9.17, 15) is 4.39 Å². The van der Waals surface area contributed by atoms with E-state index in [1.165, 1.54) is 6.07 Å². The smallest absolute Gasteiger partial charge is 0.142 e. The summed E-state index contributed by atoms with van der Waals surface area (Å²) in [5.41, 5.74) is 6.97. The molecule has 0 aliphatic carbocycles. The van der Waals surface area contributed by atoms with E-state index < -0.39 is 5.82 Å². The minimum absolute atomic E-state index is 0.0346. The molecule has 2 rings (SSSR count). The fourth-order valence-electron chi connectivity index (χ4n) is 1.79. The van der Waals surface area contributed by atoms with Crippen molar-refractivity contribution < 1.29 is 4.39 Å². The second kappa shape index (κ2) is 7.46. The van der Waals surface area contributed by atoms with Gasteiger partial charge in [0, 0.05) is 21.2 Å². The first-order chi connectivity index (χ1) is 9.56. The monoisotopic (exact) mass is 373 g/mol. The predicted molar refractivity (Wildman–Crippen MR) is 88.0 cm³/mol. The Labute approximate surface area is 135 Å². The van der Waals surface area contributed by atoms with Crippen LogP contribution >= 0.6 is 39.3 Å². The third-order valence-electron chi connectivity index (χ3n) is 2.77. The molecule has 2 N–H and O–H groups in total. The van der Waals surface area contributed by atoms with Crippen LogP contribution in [0.3, 0.4) is 0 Å². The number of hydrogen-bond acceptors (Lipinski definition) is 2. The van der Waals surface area contributed by atoms with Crippen molar-refractivity contribution in [2.45, 2.75) is 17.4 Å². The lowest BCUT2D eigenvalue weighted by Crippen LogP contribution is -2.25. The van der Waals surface area contributed by atoms with Crippen molar-refractivity contribution in [2.24, 2.45) is 5.73 Å². The van der Waals surface area contributed by atoms with Gasteiger partial charge in [0.05, 0.1) is 5.02 Å². The van der Waals surface area contributed by atoms with Crippen molar-refractivity contribution in [1.29, 1.82) is 0 Å². The van der Waals surface area contributed by atoms with E-state index in [1.807, 2.05) is 30.3 Å². The Morgan fingerprint density at radius 2 is 2.00 bits per heavy atom. The molecule has 0 aliphatic rings. The zero-order valence-corrected chi connectivity index (χ0v) is 13.8. The van der Waals surface area contributed by atoms with Gasteiger partial charge in [-0.25, -0.2) is 4.39 Å². The highest BCUT2D eigenvalue weighted by molar-refractivity contribution is 9.10. The standard InChI is InChI=1S/C15H14BrClFNS/c16-12-3-1-2-4-15(12)20-9-11(19)7-10-5-6-13(17)14(18)8-10/h1-6,8,11H,7,9,19H2. The minimum Gasteiger partial charge on any atom is -0.327 e. The molecule has 0 radical (unpaired) electrons. The Morgan fingerprint density at radius 3 is 2.70 bits per heavy atom. The molecule has 1 nitrogen and oxygen atoms in total. The van der Waals surface area contributed by atoms with E-state index >= 15 is 0 Å². The van der Waals surface area contributed by atoms with Gasteiger partial charge in [0.1, 0.15) is 5.82 Å². The molecule has 1 unspecified atom stereocenters. The maximum atomic E-state index is 13.3. The van der Waals surface area contributed by atoms with Crippen LogP contribution in [0.25, 0.3) is 0 Å². The Morgan fingerprint density at radius 1 is 1.25 bits per heavy atom. The molecule has 0 saturated carbocycles. The number of benzene rings is 2. The fraction of sp³-hybridized carbons (Fsp3) is 0.200. The molecule has 0 spiro atoms. The van der Waals surface area contributed by atoms with Crippen LogP contribution < -0.4 is 5.73 Å². The third kappa shape index (κ3) is 4.48. The van der Waals surface area contributed by atoms with Gasteiger partial charge in [-0.2, -0.15) is 0 Å². The summed E-state index contributed by atoms with van der Waals surface area (Å²) in [6, 6.07) is 12.8. The first kappa shape index (κ1) is 15.8. The van der Waals surface area contributed by atoms with Gasteiger partial charge in [-0.1, -0.05) is 29.8 Å². The number of nitrogens with two attached hydrogens (primary N) is 1. The normalized spacial score (nSPS) is 12.4. The largest absolute Gasteiger partial charge is 0.327 e. The van der Waals surface area contributed by atoms with Gasteiger partial charge in [0.2, 0.25) is 0 Å². The van der Waals surface area contributed by atoms with Crippen molar-refractivity contribution in [1.82, 2.24) is 0 Å². The highest BCUT2D eigenvalue weighted by Crippen LogP contribution is 2.27. The van der Waals surface area contributed by atoms with Gasteiger partial charge in [-0.05, 0) is 52.2 Å². The molecule has 1 atom stereocenters. The van der Waals surface area contributed by atoms with Crippen LogP contribution in [0, 0.1) is 5.82 Å². The van der Waals surface area contributed by atoms with Crippen molar-refractivity contribution in [3.05, 3.63) is 63.3 Å². The van der Waals surface area contributed by atoms with Crippen LogP contribution in [-0.4, -0.2) is 11.8 Å². The number of thioether (sulfide) groups is 1. The van der Waals surface area contributed by atoms with Gasteiger partial charge in [-0.3, -0.25) is 0 Å². The Kier molecular flexibility index (Phi) is 5.90. The van der Waals surface area contributed by atoms with Crippen LogP contribution in [0.15, 0.2) is 51.8 Å². The summed E-state index contributed by atoms with van der Waals surface area (Å²) >= 11 is 10.9. The van der Waals surface area contributed by atoms with Gasteiger partial charge >= 0.3 is 0 Å². The molecule has 106 valence electrons. The summed E-state index contributed by atoms with van der Waals surface area (Å²) < 4.78 is 14.4. The molecular weight excluding hydrogens is 361 g/mol. The molecule has 20 heavy (non-hydrogen) atoms. The van der Waals surface area contributed by atoms with Crippen LogP contribution in [0.5, 0.6) is 0 Å². The minimum atomic E-state index is -0.394. The molecule has 5 heteroatoms. The summed E-state index contributed by atoms with van der Waals surface area (Å²) in [6.07, 6.45) is 0.630. The topological polar surface area (TPSA) is 26.0 Å². The molecule has 2 aromatic rings. The van der Waals surface area contributed by atoms with E-state index in [0.29, 0.717) is 6.42 Å². The maximum absolute atomic E-state index is 13.3. The van der Waals surface area contributed by atoms with Crippen molar-refractivity contribution in [3.8, 4) is 0 Å². The molecule has 0 aromatic heterocycles. The van der Waals surface area contributed by atoms with E-state index in [2.05, 4.69) is 15.9 Å². The first-order valence-electron chi connectivity index (χ1n) is 6.13. The van der Waals surface area contributed by atoms with Gasteiger partial charge in [-0.15, -0.1) is 11.8 Å². The molecule has 2 aromatic carbocycles.